The molecule has 2 aromatic heterocycles. The molecule has 0 saturated heterocycles. The van der Waals surface area contributed by atoms with Crippen LogP contribution in [0, 0.1) is 5.82 Å². The van der Waals surface area contributed by atoms with Crippen LogP contribution in [0.1, 0.15) is 29.3 Å². The summed E-state index contributed by atoms with van der Waals surface area (Å²) in [5.74, 6) is 0.247. The highest BCUT2D eigenvalue weighted by atomic mass is 35.5. The lowest BCUT2D eigenvalue weighted by Gasteiger charge is -2.35. The van der Waals surface area contributed by atoms with Crippen LogP contribution in [0.15, 0.2) is 76.3 Å². The van der Waals surface area contributed by atoms with Crippen LogP contribution in [-0.2, 0) is 6.54 Å². The van der Waals surface area contributed by atoms with Crippen LogP contribution in [0.4, 0.5) is 9.18 Å². The van der Waals surface area contributed by atoms with E-state index in [4.69, 9.17) is 16.1 Å². The van der Waals surface area contributed by atoms with Crippen molar-refractivity contribution in [2.45, 2.75) is 19.5 Å². The third-order valence-electron chi connectivity index (χ3n) is 5.43. The molecular weight excluding hydrogens is 463 g/mol. The summed E-state index contributed by atoms with van der Waals surface area (Å²) >= 11 is 7.55. The van der Waals surface area contributed by atoms with E-state index in [1.54, 1.807) is 52.6 Å². The first-order valence-electron chi connectivity index (χ1n) is 10.2. The molecule has 33 heavy (non-hydrogen) atoms. The molecule has 1 N–H and O–H groups in total. The molecule has 2 amide bonds. The standard InChI is InChI=1S/C24H18ClFN4O2S/c1-14-20(23-28-22(29-32-23)15-7-9-17(25)10-8-15)21(16-4-2-5-18(26)12-16)27-24(31)30(14)13-19-6-3-11-33-19/h2-12,21H,13H2,1H3,(H,27,31). The molecule has 1 unspecified atom stereocenters. The molecule has 1 aliphatic rings. The van der Waals surface area contributed by atoms with Gasteiger partial charge in [-0.1, -0.05) is 35.0 Å². The summed E-state index contributed by atoms with van der Waals surface area (Å²) in [6.07, 6.45) is 0. The highest BCUT2D eigenvalue weighted by molar-refractivity contribution is 7.09. The number of benzene rings is 2. The minimum atomic E-state index is -0.647. The molecule has 0 radical (unpaired) electrons. The predicted octanol–water partition coefficient (Wildman–Crippen LogP) is 6.29. The summed E-state index contributed by atoms with van der Waals surface area (Å²) in [6, 6.07) is 16.2. The second kappa shape index (κ2) is 8.80. The smallest absolute Gasteiger partial charge is 0.322 e. The first-order chi connectivity index (χ1) is 16.0. The van der Waals surface area contributed by atoms with E-state index in [0.29, 0.717) is 34.2 Å². The zero-order chi connectivity index (χ0) is 22.9. The Morgan fingerprint density at radius 1 is 1.18 bits per heavy atom. The summed E-state index contributed by atoms with van der Waals surface area (Å²) in [5, 5.41) is 9.67. The van der Waals surface area contributed by atoms with Gasteiger partial charge >= 0.3 is 6.03 Å². The number of halogens is 2. The molecule has 6 nitrogen and oxygen atoms in total. The van der Waals surface area contributed by atoms with Gasteiger partial charge in [0.15, 0.2) is 0 Å². The van der Waals surface area contributed by atoms with Crippen molar-refractivity contribution in [1.82, 2.24) is 20.4 Å². The number of amides is 2. The van der Waals surface area contributed by atoms with Gasteiger partial charge in [0.2, 0.25) is 5.82 Å². The zero-order valence-corrected chi connectivity index (χ0v) is 19.0. The molecule has 2 aromatic carbocycles. The Hall–Kier alpha value is -3.49. The Bertz CT molecular complexity index is 1330. The first-order valence-corrected chi connectivity index (χ1v) is 11.4. The van der Waals surface area contributed by atoms with Gasteiger partial charge in [0.05, 0.1) is 18.2 Å². The fraction of sp³-hybridized carbons (Fsp3) is 0.125. The van der Waals surface area contributed by atoms with Gasteiger partial charge in [0.1, 0.15) is 5.82 Å². The van der Waals surface area contributed by atoms with E-state index < -0.39 is 11.9 Å². The van der Waals surface area contributed by atoms with Gasteiger partial charge in [-0.3, -0.25) is 4.90 Å². The summed E-state index contributed by atoms with van der Waals surface area (Å²) in [6.45, 7) is 2.23. The normalized spacial score (nSPS) is 16.3. The number of nitrogens with one attached hydrogen (secondary N) is 1. The van der Waals surface area contributed by atoms with E-state index in [2.05, 4.69) is 15.5 Å². The summed E-state index contributed by atoms with van der Waals surface area (Å²) < 4.78 is 19.7. The lowest BCUT2D eigenvalue weighted by Crippen LogP contribution is -2.45. The maximum Gasteiger partial charge on any atom is 0.322 e. The molecule has 166 valence electrons. The van der Waals surface area contributed by atoms with Crippen LogP contribution in [0.25, 0.3) is 17.0 Å². The Kier molecular flexibility index (Phi) is 5.70. The van der Waals surface area contributed by atoms with Crippen molar-refractivity contribution in [2.24, 2.45) is 0 Å². The Labute approximate surface area is 198 Å². The van der Waals surface area contributed by atoms with Gasteiger partial charge in [-0.15, -0.1) is 11.3 Å². The van der Waals surface area contributed by atoms with Crippen molar-refractivity contribution < 1.29 is 13.7 Å². The number of hydrogen-bond donors (Lipinski definition) is 1. The number of nitrogens with zero attached hydrogens (tertiary/aromatic N) is 3. The van der Waals surface area contributed by atoms with Crippen LogP contribution in [0.2, 0.25) is 5.02 Å². The van der Waals surface area contributed by atoms with E-state index in [-0.39, 0.29) is 11.9 Å². The minimum absolute atomic E-state index is 0.253. The molecule has 4 aromatic rings. The van der Waals surface area contributed by atoms with Crippen LogP contribution < -0.4 is 5.32 Å². The number of hydrogen-bond acceptors (Lipinski definition) is 5. The Morgan fingerprint density at radius 2 is 2.00 bits per heavy atom. The largest absolute Gasteiger partial charge is 0.334 e. The number of carbonyl (C=O) groups excluding carboxylic acids is 1. The summed E-state index contributed by atoms with van der Waals surface area (Å²) in [5.41, 5.74) is 2.60. The maximum absolute atomic E-state index is 14.0. The molecule has 5 rings (SSSR count). The van der Waals surface area contributed by atoms with Crippen molar-refractivity contribution in [1.29, 1.82) is 0 Å². The predicted molar refractivity (Wildman–Crippen MR) is 125 cm³/mol. The zero-order valence-electron chi connectivity index (χ0n) is 17.5. The van der Waals surface area contributed by atoms with Gasteiger partial charge < -0.3 is 9.84 Å². The Balaban J connectivity index is 1.60. The Morgan fingerprint density at radius 3 is 2.73 bits per heavy atom. The second-order valence-electron chi connectivity index (χ2n) is 7.53. The third-order valence-corrected chi connectivity index (χ3v) is 6.54. The first kappa shape index (κ1) is 21.4. The topological polar surface area (TPSA) is 71.3 Å². The van der Waals surface area contributed by atoms with Gasteiger partial charge in [0, 0.05) is 21.2 Å². The van der Waals surface area contributed by atoms with Crippen LogP contribution in [0.3, 0.4) is 0 Å². The monoisotopic (exact) mass is 480 g/mol. The fourth-order valence-electron chi connectivity index (χ4n) is 3.79. The molecule has 0 bridgehead atoms. The van der Waals surface area contributed by atoms with E-state index >= 15 is 0 Å². The lowest BCUT2D eigenvalue weighted by atomic mass is 9.94. The molecule has 0 spiro atoms. The molecule has 1 aliphatic heterocycles. The summed E-state index contributed by atoms with van der Waals surface area (Å²) in [4.78, 5) is 20.3. The average Bonchev–Trinajstić information content (AvgIpc) is 3.49. The van der Waals surface area contributed by atoms with Crippen LogP contribution in [-0.4, -0.2) is 21.1 Å². The number of urea groups is 1. The van der Waals surface area contributed by atoms with Gasteiger partial charge in [-0.05, 0) is 60.3 Å². The molecule has 0 aliphatic carbocycles. The van der Waals surface area contributed by atoms with Crippen molar-refractivity contribution in [3.8, 4) is 11.4 Å². The van der Waals surface area contributed by atoms with Gasteiger partial charge in [-0.25, -0.2) is 9.18 Å². The van der Waals surface area contributed by atoms with Crippen LogP contribution >= 0.6 is 22.9 Å². The molecular formula is C24H18ClFN4O2S. The molecule has 9 heteroatoms. The quantitative estimate of drug-likeness (QED) is 0.364. The number of carbonyl (C=O) groups is 1. The van der Waals surface area contributed by atoms with E-state index in [1.807, 2.05) is 24.4 Å². The minimum Gasteiger partial charge on any atom is -0.334 e. The van der Waals surface area contributed by atoms with E-state index in [9.17, 15) is 9.18 Å². The lowest BCUT2D eigenvalue weighted by molar-refractivity contribution is 0.203. The molecule has 3 heterocycles. The van der Waals surface area contributed by atoms with Crippen molar-refractivity contribution in [2.75, 3.05) is 0 Å². The van der Waals surface area contributed by atoms with Gasteiger partial charge in [-0.2, -0.15) is 4.98 Å². The maximum atomic E-state index is 14.0. The number of aromatic nitrogens is 2. The fourth-order valence-corrected chi connectivity index (χ4v) is 4.61. The van der Waals surface area contributed by atoms with Crippen LogP contribution in [0.5, 0.6) is 0 Å². The molecule has 1 atom stereocenters. The second-order valence-corrected chi connectivity index (χ2v) is 9.00. The average molecular weight is 481 g/mol. The highest BCUT2D eigenvalue weighted by Gasteiger charge is 2.36. The SMILES string of the molecule is CC1=C(c2nc(-c3ccc(Cl)cc3)no2)C(c2cccc(F)c2)NC(=O)N1Cc1cccs1. The highest BCUT2D eigenvalue weighted by Crippen LogP contribution is 2.38. The van der Waals surface area contributed by atoms with Crippen molar-refractivity contribution in [3.05, 3.63) is 98.9 Å². The number of rotatable bonds is 5. The number of allylic oxidation sites excluding steroid dienone is 1. The van der Waals surface area contributed by atoms with E-state index in [1.165, 1.54) is 12.1 Å². The van der Waals surface area contributed by atoms with E-state index in [0.717, 1.165) is 10.4 Å². The van der Waals surface area contributed by atoms with Crippen molar-refractivity contribution in [3.63, 3.8) is 0 Å². The third kappa shape index (κ3) is 4.27. The number of thiophene rings is 1. The molecule has 0 fully saturated rings. The van der Waals surface area contributed by atoms with Crippen molar-refractivity contribution >= 4 is 34.5 Å². The summed E-state index contributed by atoms with van der Waals surface area (Å²) in [7, 11) is 0. The molecule has 0 saturated carbocycles. The van der Waals surface area contributed by atoms with Gasteiger partial charge in [0.25, 0.3) is 5.89 Å².